The van der Waals surface area contributed by atoms with E-state index in [4.69, 9.17) is 0 Å². The van der Waals surface area contributed by atoms with Crippen molar-refractivity contribution in [3.63, 3.8) is 0 Å². The molecule has 0 unspecified atom stereocenters. The summed E-state index contributed by atoms with van der Waals surface area (Å²) in [7, 11) is -2.56. The fourth-order valence-corrected chi connectivity index (χ4v) is 2.42. The Morgan fingerprint density at radius 2 is 1.95 bits per heavy atom. The van der Waals surface area contributed by atoms with Gasteiger partial charge < -0.3 is 10.1 Å². The van der Waals surface area contributed by atoms with Crippen LogP contribution in [0.15, 0.2) is 29.2 Å². The quantitative estimate of drug-likeness (QED) is 0.694. The number of rotatable bonds is 6. The number of sulfonamides is 1. The zero-order valence-corrected chi connectivity index (χ0v) is 12.0. The molecular weight excluding hydrogens is 284 g/mol. The smallest absolute Gasteiger partial charge is 0.325 e. The van der Waals surface area contributed by atoms with Gasteiger partial charge in [0.1, 0.15) is 6.54 Å². The fraction of sp³-hybridized carbons (Fsp3) is 0.333. The first-order valence-corrected chi connectivity index (χ1v) is 7.23. The summed E-state index contributed by atoms with van der Waals surface area (Å²) >= 11 is 0. The van der Waals surface area contributed by atoms with Crippen LogP contribution in [-0.4, -0.2) is 40.5 Å². The number of hydrogen-bond donors (Lipinski definition) is 2. The fourth-order valence-electron chi connectivity index (χ4n) is 1.33. The highest BCUT2D eigenvalue weighted by atomic mass is 32.2. The number of hydrogen-bond acceptors (Lipinski definition) is 5. The molecule has 0 aliphatic carbocycles. The molecule has 0 saturated carbocycles. The van der Waals surface area contributed by atoms with Crippen LogP contribution in [0.3, 0.4) is 0 Å². The SMILES string of the molecule is COC(=O)CNC(=O)CNS(=O)(=O)c1cccc(C)c1. The van der Waals surface area contributed by atoms with Crippen molar-refractivity contribution in [1.82, 2.24) is 10.0 Å². The van der Waals surface area contributed by atoms with Crippen molar-refractivity contribution in [2.75, 3.05) is 20.2 Å². The molecule has 0 bridgehead atoms. The normalized spacial score (nSPS) is 10.9. The number of aryl methyl sites for hydroxylation is 1. The topological polar surface area (TPSA) is 102 Å². The second-order valence-corrected chi connectivity index (χ2v) is 5.76. The molecule has 0 saturated heterocycles. The standard InChI is InChI=1S/C12H16N2O5S/c1-9-4-3-5-10(6-9)20(17,18)14-7-11(15)13-8-12(16)19-2/h3-6,14H,7-8H2,1-2H3,(H,13,15). The lowest BCUT2D eigenvalue weighted by atomic mass is 10.2. The van der Waals surface area contributed by atoms with Crippen molar-refractivity contribution in [3.05, 3.63) is 29.8 Å². The second-order valence-electron chi connectivity index (χ2n) is 3.99. The van der Waals surface area contributed by atoms with E-state index in [1.165, 1.54) is 19.2 Å². The maximum atomic E-state index is 11.9. The van der Waals surface area contributed by atoms with Crippen LogP contribution >= 0.6 is 0 Å². The minimum atomic E-state index is -3.75. The van der Waals surface area contributed by atoms with E-state index < -0.39 is 28.4 Å². The second kappa shape index (κ2) is 7.01. The number of nitrogens with one attached hydrogen (secondary N) is 2. The van der Waals surface area contributed by atoms with E-state index in [-0.39, 0.29) is 11.4 Å². The van der Waals surface area contributed by atoms with Gasteiger partial charge in [-0.3, -0.25) is 9.59 Å². The predicted molar refractivity (Wildman–Crippen MR) is 71.4 cm³/mol. The molecule has 0 fully saturated rings. The summed E-state index contributed by atoms with van der Waals surface area (Å²) in [5, 5.41) is 2.23. The summed E-state index contributed by atoms with van der Waals surface area (Å²) in [6.45, 7) is 1.01. The number of ether oxygens (including phenoxy) is 1. The lowest BCUT2D eigenvalue weighted by Crippen LogP contribution is -2.39. The Balaban J connectivity index is 2.56. The van der Waals surface area contributed by atoms with Crippen LogP contribution in [0.5, 0.6) is 0 Å². The Morgan fingerprint density at radius 1 is 1.25 bits per heavy atom. The van der Waals surface area contributed by atoms with E-state index in [1.807, 2.05) is 0 Å². The van der Waals surface area contributed by atoms with Gasteiger partial charge in [0.25, 0.3) is 0 Å². The number of amides is 1. The summed E-state index contributed by atoms with van der Waals surface area (Å²) in [6.07, 6.45) is 0. The van der Waals surface area contributed by atoms with Gasteiger partial charge in [-0.2, -0.15) is 0 Å². The summed E-state index contributed by atoms with van der Waals surface area (Å²) in [6, 6.07) is 6.31. The first-order valence-electron chi connectivity index (χ1n) is 5.75. The first-order chi connectivity index (χ1) is 9.35. The summed E-state index contributed by atoms with van der Waals surface area (Å²) in [5.74, 6) is -1.23. The Kier molecular flexibility index (Phi) is 5.66. The van der Waals surface area contributed by atoms with Crippen molar-refractivity contribution in [2.24, 2.45) is 0 Å². The van der Waals surface area contributed by atoms with Crippen molar-refractivity contribution in [2.45, 2.75) is 11.8 Å². The monoisotopic (exact) mass is 300 g/mol. The minimum absolute atomic E-state index is 0.0817. The first kappa shape index (κ1) is 16.1. The molecule has 1 amide bonds. The number of carbonyl (C=O) groups is 2. The Morgan fingerprint density at radius 3 is 2.55 bits per heavy atom. The van der Waals surface area contributed by atoms with Gasteiger partial charge >= 0.3 is 5.97 Å². The molecule has 1 rings (SSSR count). The van der Waals surface area contributed by atoms with Crippen LogP contribution in [0.4, 0.5) is 0 Å². The molecule has 7 nitrogen and oxygen atoms in total. The predicted octanol–water partition coefficient (Wildman–Crippen LogP) is -0.437. The highest BCUT2D eigenvalue weighted by Gasteiger charge is 2.15. The van der Waals surface area contributed by atoms with Gasteiger partial charge in [-0.1, -0.05) is 12.1 Å². The van der Waals surface area contributed by atoms with Gasteiger partial charge in [-0.25, -0.2) is 13.1 Å². The Labute approximate surface area is 117 Å². The number of carbonyl (C=O) groups excluding carboxylic acids is 2. The molecule has 20 heavy (non-hydrogen) atoms. The summed E-state index contributed by atoms with van der Waals surface area (Å²) < 4.78 is 30.3. The van der Waals surface area contributed by atoms with Crippen LogP contribution in [0.25, 0.3) is 0 Å². The zero-order valence-electron chi connectivity index (χ0n) is 11.2. The highest BCUT2D eigenvalue weighted by molar-refractivity contribution is 7.89. The maximum Gasteiger partial charge on any atom is 0.325 e. The third-order valence-electron chi connectivity index (χ3n) is 2.38. The largest absolute Gasteiger partial charge is 0.468 e. The molecule has 0 spiro atoms. The molecule has 110 valence electrons. The molecule has 8 heteroatoms. The average molecular weight is 300 g/mol. The van der Waals surface area contributed by atoms with Crippen molar-refractivity contribution >= 4 is 21.9 Å². The van der Waals surface area contributed by atoms with E-state index >= 15 is 0 Å². The van der Waals surface area contributed by atoms with Crippen molar-refractivity contribution in [3.8, 4) is 0 Å². The van der Waals surface area contributed by atoms with Gasteiger partial charge in [0.2, 0.25) is 15.9 Å². The molecule has 1 aromatic rings. The molecule has 0 aromatic heterocycles. The third kappa shape index (κ3) is 4.98. The Bertz CT molecular complexity index is 598. The Hall–Kier alpha value is -1.93. The van der Waals surface area contributed by atoms with Crippen LogP contribution in [0.1, 0.15) is 5.56 Å². The van der Waals surface area contributed by atoms with E-state index in [9.17, 15) is 18.0 Å². The summed E-state index contributed by atoms with van der Waals surface area (Å²) in [5.41, 5.74) is 0.794. The molecule has 0 heterocycles. The van der Waals surface area contributed by atoms with Crippen LogP contribution < -0.4 is 10.0 Å². The average Bonchev–Trinajstić information content (AvgIpc) is 2.42. The molecule has 0 aliphatic rings. The van der Waals surface area contributed by atoms with Gasteiger partial charge in [-0.05, 0) is 24.6 Å². The zero-order chi connectivity index (χ0) is 15.2. The van der Waals surface area contributed by atoms with E-state index in [1.54, 1.807) is 19.1 Å². The maximum absolute atomic E-state index is 11.9. The number of esters is 1. The molecule has 2 N–H and O–H groups in total. The van der Waals surface area contributed by atoms with Crippen LogP contribution in [0, 0.1) is 6.92 Å². The van der Waals surface area contributed by atoms with E-state index in [0.717, 1.165) is 5.56 Å². The van der Waals surface area contributed by atoms with Crippen LogP contribution in [-0.2, 0) is 24.3 Å². The molecule has 1 aromatic carbocycles. The van der Waals surface area contributed by atoms with Crippen molar-refractivity contribution < 1.29 is 22.7 Å². The van der Waals surface area contributed by atoms with E-state index in [0.29, 0.717) is 0 Å². The van der Waals surface area contributed by atoms with Gasteiger partial charge in [-0.15, -0.1) is 0 Å². The lowest BCUT2D eigenvalue weighted by molar-refractivity contribution is -0.141. The molecular formula is C12H16N2O5S. The third-order valence-corrected chi connectivity index (χ3v) is 3.78. The highest BCUT2D eigenvalue weighted by Crippen LogP contribution is 2.10. The van der Waals surface area contributed by atoms with Crippen LogP contribution in [0.2, 0.25) is 0 Å². The summed E-state index contributed by atoms with van der Waals surface area (Å²) in [4.78, 5) is 22.2. The molecule has 0 radical (unpaired) electrons. The minimum Gasteiger partial charge on any atom is -0.468 e. The van der Waals surface area contributed by atoms with Gasteiger partial charge in [0.15, 0.2) is 0 Å². The lowest BCUT2D eigenvalue weighted by Gasteiger charge is -2.07. The van der Waals surface area contributed by atoms with E-state index in [2.05, 4.69) is 14.8 Å². The molecule has 0 aliphatic heterocycles. The molecule has 0 atom stereocenters. The van der Waals surface area contributed by atoms with Crippen molar-refractivity contribution in [1.29, 1.82) is 0 Å². The number of methoxy groups -OCH3 is 1. The number of benzene rings is 1. The van der Waals surface area contributed by atoms with Gasteiger partial charge in [0, 0.05) is 0 Å². The van der Waals surface area contributed by atoms with Gasteiger partial charge in [0.05, 0.1) is 18.6 Å².